The molecule has 0 bridgehead atoms. The van der Waals surface area contributed by atoms with Crippen molar-refractivity contribution in [3.05, 3.63) is 53.5 Å². The van der Waals surface area contributed by atoms with Gasteiger partial charge >= 0.3 is 0 Å². The molecule has 13 heteroatoms. The van der Waals surface area contributed by atoms with Gasteiger partial charge < -0.3 is 25.3 Å². The first-order valence-corrected chi connectivity index (χ1v) is 13.1. The second-order valence-electron chi connectivity index (χ2n) is 10.9. The van der Waals surface area contributed by atoms with E-state index in [0.29, 0.717) is 54.1 Å². The molecular formula is C27H31F3N6O4. The first kappa shape index (κ1) is 27.8. The Balaban J connectivity index is 1.45. The van der Waals surface area contributed by atoms with Gasteiger partial charge in [0.1, 0.15) is 17.8 Å². The third-order valence-electron chi connectivity index (χ3n) is 7.64. The number of amides is 2. The summed E-state index contributed by atoms with van der Waals surface area (Å²) in [6, 6.07) is 4.97. The molecule has 1 fully saturated rings. The van der Waals surface area contributed by atoms with Gasteiger partial charge in [-0.3, -0.25) is 9.59 Å². The van der Waals surface area contributed by atoms with E-state index in [1.807, 2.05) is 4.90 Å². The average Bonchev–Trinajstić information content (AvgIpc) is 3.48. The molecule has 4 heterocycles. The number of hydrogen-bond acceptors (Lipinski definition) is 7. The largest absolute Gasteiger partial charge is 0.387 e. The Morgan fingerprint density at radius 1 is 1.23 bits per heavy atom. The Hall–Kier alpha value is -3.71. The van der Waals surface area contributed by atoms with Gasteiger partial charge in [-0.1, -0.05) is 0 Å². The minimum Gasteiger partial charge on any atom is -0.387 e. The third kappa shape index (κ3) is 5.35. The van der Waals surface area contributed by atoms with Gasteiger partial charge in [0.25, 0.3) is 18.2 Å². The topological polar surface area (TPSA) is 123 Å². The number of fused-ring (bicyclic) bond motifs is 2. The number of piperidine rings is 1. The van der Waals surface area contributed by atoms with Crippen LogP contribution in [0.4, 0.5) is 24.5 Å². The number of aliphatic hydroxyl groups excluding tert-OH is 1. The first-order valence-electron chi connectivity index (χ1n) is 13.1. The summed E-state index contributed by atoms with van der Waals surface area (Å²) >= 11 is 0. The van der Waals surface area contributed by atoms with Crippen LogP contribution in [0.2, 0.25) is 0 Å². The number of aliphatic hydroxyl groups is 2. The van der Waals surface area contributed by atoms with Crippen LogP contribution in [-0.4, -0.2) is 85.5 Å². The summed E-state index contributed by atoms with van der Waals surface area (Å²) in [5, 5.41) is 26.9. The molecule has 1 saturated heterocycles. The predicted molar refractivity (Wildman–Crippen MR) is 140 cm³/mol. The van der Waals surface area contributed by atoms with Gasteiger partial charge in [-0.2, -0.15) is 5.10 Å². The lowest BCUT2D eigenvalue weighted by molar-refractivity contribution is -0.0441. The molecular weight excluding hydrogens is 529 g/mol. The highest BCUT2D eigenvalue weighted by atomic mass is 19.3. The van der Waals surface area contributed by atoms with Crippen molar-refractivity contribution < 1.29 is 33.0 Å². The predicted octanol–water partition coefficient (Wildman–Crippen LogP) is 2.89. The van der Waals surface area contributed by atoms with Gasteiger partial charge in [-0.05, 0) is 56.4 Å². The van der Waals surface area contributed by atoms with Crippen LogP contribution in [-0.2, 0) is 6.54 Å². The minimum atomic E-state index is -2.84. The number of rotatable bonds is 8. The van der Waals surface area contributed by atoms with Crippen molar-refractivity contribution in [1.82, 2.24) is 19.5 Å². The highest BCUT2D eigenvalue weighted by Crippen LogP contribution is 2.38. The molecule has 2 aromatic heterocycles. The van der Waals surface area contributed by atoms with E-state index in [1.165, 1.54) is 29.5 Å². The summed E-state index contributed by atoms with van der Waals surface area (Å²) in [6.45, 7) is 3.09. The monoisotopic (exact) mass is 560 g/mol. The lowest BCUT2D eigenvalue weighted by atomic mass is 9.91. The van der Waals surface area contributed by atoms with Crippen molar-refractivity contribution in [2.45, 2.75) is 57.5 Å². The molecule has 2 aliphatic rings. The molecule has 10 nitrogen and oxygen atoms in total. The second kappa shape index (κ2) is 10.7. The maximum atomic E-state index is 14.6. The average molecular weight is 561 g/mol. The summed E-state index contributed by atoms with van der Waals surface area (Å²) in [5.74, 6) is -1.46. The van der Waals surface area contributed by atoms with E-state index in [9.17, 15) is 33.0 Å². The van der Waals surface area contributed by atoms with E-state index in [1.54, 1.807) is 30.6 Å². The molecule has 0 saturated carbocycles. The molecule has 1 aromatic carbocycles. The highest BCUT2D eigenvalue weighted by molar-refractivity contribution is 6.10. The van der Waals surface area contributed by atoms with Crippen molar-refractivity contribution >= 4 is 28.8 Å². The molecule has 5 rings (SSSR count). The number of hydrogen-bond donors (Lipinski definition) is 3. The molecule has 0 radical (unpaired) electrons. The van der Waals surface area contributed by atoms with Gasteiger partial charge in [0.2, 0.25) is 0 Å². The maximum Gasteiger partial charge on any atom is 0.264 e. The van der Waals surface area contributed by atoms with Crippen molar-refractivity contribution in [1.29, 1.82) is 0 Å². The van der Waals surface area contributed by atoms with E-state index in [4.69, 9.17) is 0 Å². The lowest BCUT2D eigenvalue weighted by Crippen LogP contribution is -2.42. The van der Waals surface area contributed by atoms with E-state index in [0.717, 1.165) is 0 Å². The highest BCUT2D eigenvalue weighted by Gasteiger charge is 2.37. The van der Waals surface area contributed by atoms with Crippen LogP contribution in [0.1, 0.15) is 53.0 Å². The molecule has 2 amide bonds. The zero-order valence-electron chi connectivity index (χ0n) is 22.1. The number of carbonyl (C=O) groups is 2. The molecule has 0 spiro atoms. The van der Waals surface area contributed by atoms with Crippen LogP contribution in [0, 0.1) is 5.92 Å². The van der Waals surface area contributed by atoms with Crippen LogP contribution in [0.5, 0.6) is 0 Å². The molecule has 0 aliphatic carbocycles. The van der Waals surface area contributed by atoms with Gasteiger partial charge in [0.15, 0.2) is 5.65 Å². The summed E-state index contributed by atoms with van der Waals surface area (Å²) < 4.78 is 42.2. The van der Waals surface area contributed by atoms with Crippen LogP contribution in [0.15, 0.2) is 36.8 Å². The molecule has 3 N–H and O–H groups in total. The van der Waals surface area contributed by atoms with Crippen molar-refractivity contribution in [2.24, 2.45) is 5.92 Å². The zero-order valence-corrected chi connectivity index (χ0v) is 22.1. The Bertz CT molecular complexity index is 1420. The van der Waals surface area contributed by atoms with E-state index in [-0.39, 0.29) is 18.7 Å². The number of halogens is 3. The molecule has 3 aromatic rings. The Kier molecular flexibility index (Phi) is 7.44. The Morgan fingerprint density at radius 3 is 2.62 bits per heavy atom. The van der Waals surface area contributed by atoms with Gasteiger partial charge in [-0.25, -0.2) is 22.7 Å². The molecule has 2 atom stereocenters. The number of carbonyl (C=O) groups excluding carboxylic acids is 2. The van der Waals surface area contributed by atoms with Crippen molar-refractivity contribution in [3.8, 4) is 0 Å². The van der Waals surface area contributed by atoms with E-state index < -0.39 is 42.0 Å². The number of alkyl halides is 3. The molecule has 40 heavy (non-hydrogen) atoms. The number of nitrogens with one attached hydrogen (secondary N) is 1. The van der Waals surface area contributed by atoms with Gasteiger partial charge in [0.05, 0.1) is 29.7 Å². The third-order valence-corrected chi connectivity index (χ3v) is 7.64. The Morgan fingerprint density at radius 2 is 1.95 bits per heavy atom. The fourth-order valence-corrected chi connectivity index (χ4v) is 5.20. The van der Waals surface area contributed by atoms with E-state index >= 15 is 0 Å². The SMILES string of the molecule is CC(C)(O)[C@H](F)CN1Cc2cc(NC(=O)c3cnn4cccnc34)c(N3CCC([C@H](O)C(F)F)CC3)cc2C1=O. The fraction of sp³-hybridized carbons (Fsp3) is 0.481. The maximum absolute atomic E-state index is 14.6. The lowest BCUT2D eigenvalue weighted by Gasteiger charge is -2.36. The van der Waals surface area contributed by atoms with Crippen LogP contribution < -0.4 is 10.2 Å². The quantitative estimate of drug-likeness (QED) is 0.387. The van der Waals surface area contributed by atoms with E-state index in [2.05, 4.69) is 15.4 Å². The number of nitrogens with zero attached hydrogens (tertiary/aromatic N) is 5. The molecule has 2 aliphatic heterocycles. The van der Waals surface area contributed by atoms with Gasteiger partial charge in [0, 0.05) is 37.6 Å². The number of benzene rings is 1. The van der Waals surface area contributed by atoms with Crippen molar-refractivity contribution in [2.75, 3.05) is 29.9 Å². The van der Waals surface area contributed by atoms with Gasteiger partial charge in [-0.15, -0.1) is 0 Å². The minimum absolute atomic E-state index is 0.0920. The number of anilines is 2. The van der Waals surface area contributed by atoms with Crippen LogP contribution >= 0.6 is 0 Å². The van der Waals surface area contributed by atoms with Crippen molar-refractivity contribution in [3.63, 3.8) is 0 Å². The molecule has 214 valence electrons. The number of aromatic nitrogens is 3. The van der Waals surface area contributed by atoms with Crippen LogP contribution in [0.25, 0.3) is 5.65 Å². The summed E-state index contributed by atoms with van der Waals surface area (Å²) in [5.41, 5.74) is 0.767. The second-order valence-corrected chi connectivity index (χ2v) is 10.9. The smallest absolute Gasteiger partial charge is 0.264 e. The fourth-order valence-electron chi connectivity index (χ4n) is 5.20. The standard InChI is InChI=1S/C27H31F3N6O4/c1-27(2,40)21(28)14-35-13-16-10-19(33-25(38)18-12-32-36-7-3-6-31-24(18)36)20(11-17(16)26(35)39)34-8-4-15(5-9-34)22(37)23(29)30/h3,6-7,10-12,15,21-23,37,40H,4-5,8-9,13-14H2,1-2H3,(H,33,38)/t21-,22+/m1/s1. The Labute approximate surface area is 228 Å². The summed E-state index contributed by atoms with van der Waals surface area (Å²) in [6.07, 6.45) is -1.05. The zero-order chi connectivity index (χ0) is 28.8. The summed E-state index contributed by atoms with van der Waals surface area (Å²) in [7, 11) is 0. The molecule has 0 unspecified atom stereocenters. The first-order chi connectivity index (χ1) is 18.9. The van der Waals surface area contributed by atoms with Crippen LogP contribution in [0.3, 0.4) is 0 Å². The normalized spacial score (nSPS) is 17.9. The summed E-state index contributed by atoms with van der Waals surface area (Å²) in [4.78, 5) is 33.9.